The molecule has 1 fully saturated rings. The van der Waals surface area contributed by atoms with Crippen molar-refractivity contribution < 1.29 is 9.90 Å². The highest BCUT2D eigenvalue weighted by molar-refractivity contribution is 5.82. The summed E-state index contributed by atoms with van der Waals surface area (Å²) in [6.07, 6.45) is 0.399. The number of hydrogen-bond acceptors (Lipinski definition) is 4. The van der Waals surface area contributed by atoms with Gasteiger partial charge in [0.25, 0.3) is 5.91 Å². The van der Waals surface area contributed by atoms with Crippen LogP contribution in [0.15, 0.2) is 30.3 Å². The summed E-state index contributed by atoms with van der Waals surface area (Å²) in [7, 11) is 0. The van der Waals surface area contributed by atoms with Crippen LogP contribution in [0.3, 0.4) is 0 Å². The van der Waals surface area contributed by atoms with E-state index in [-0.39, 0.29) is 24.0 Å². The lowest BCUT2D eigenvalue weighted by molar-refractivity contribution is -0.128. The van der Waals surface area contributed by atoms with Crippen LogP contribution in [0.25, 0.3) is 0 Å². The SMILES string of the molecule is CC1CN(C(C(=O)NN)c2ccccc2)CCC1O. The molecule has 0 aliphatic carbocycles. The Labute approximate surface area is 113 Å². The van der Waals surface area contributed by atoms with Crippen LogP contribution >= 0.6 is 0 Å². The minimum atomic E-state index is -0.388. The molecule has 3 unspecified atom stereocenters. The number of nitrogens with zero attached hydrogens (tertiary/aromatic N) is 1. The van der Waals surface area contributed by atoms with Crippen molar-refractivity contribution in [3.05, 3.63) is 35.9 Å². The lowest BCUT2D eigenvalue weighted by atomic mass is 9.93. The molecule has 1 heterocycles. The molecule has 0 radical (unpaired) electrons. The number of aliphatic hydroxyl groups excluding tert-OH is 1. The number of piperidine rings is 1. The van der Waals surface area contributed by atoms with E-state index in [0.717, 1.165) is 5.56 Å². The maximum atomic E-state index is 12.1. The molecule has 5 heteroatoms. The molecule has 1 saturated heterocycles. The second-order valence-corrected chi connectivity index (χ2v) is 5.15. The number of nitrogens with two attached hydrogens (primary N) is 1. The quantitative estimate of drug-likeness (QED) is 0.419. The Hall–Kier alpha value is -1.43. The van der Waals surface area contributed by atoms with Gasteiger partial charge in [-0.15, -0.1) is 0 Å². The Morgan fingerprint density at radius 1 is 1.47 bits per heavy atom. The van der Waals surface area contributed by atoms with Crippen molar-refractivity contribution in [3.63, 3.8) is 0 Å². The van der Waals surface area contributed by atoms with Crippen molar-refractivity contribution in [2.75, 3.05) is 13.1 Å². The number of benzene rings is 1. The fraction of sp³-hybridized carbons (Fsp3) is 0.500. The van der Waals surface area contributed by atoms with Gasteiger partial charge in [-0.05, 0) is 17.9 Å². The summed E-state index contributed by atoms with van der Waals surface area (Å²) in [4.78, 5) is 14.1. The van der Waals surface area contributed by atoms with Crippen LogP contribution in [-0.2, 0) is 4.79 Å². The van der Waals surface area contributed by atoms with Gasteiger partial charge in [0.1, 0.15) is 6.04 Å². The first-order valence-electron chi connectivity index (χ1n) is 6.61. The number of amides is 1. The molecule has 0 saturated carbocycles. The zero-order chi connectivity index (χ0) is 13.8. The van der Waals surface area contributed by atoms with Gasteiger partial charge in [-0.2, -0.15) is 0 Å². The van der Waals surface area contributed by atoms with Gasteiger partial charge >= 0.3 is 0 Å². The zero-order valence-corrected chi connectivity index (χ0v) is 11.1. The zero-order valence-electron chi connectivity index (χ0n) is 11.1. The third-order valence-corrected chi connectivity index (χ3v) is 3.76. The molecule has 104 valence electrons. The summed E-state index contributed by atoms with van der Waals surface area (Å²) >= 11 is 0. The van der Waals surface area contributed by atoms with Crippen LogP contribution in [0, 0.1) is 5.92 Å². The van der Waals surface area contributed by atoms with E-state index in [9.17, 15) is 9.90 Å². The van der Waals surface area contributed by atoms with Gasteiger partial charge in [0.2, 0.25) is 0 Å². The molecular weight excluding hydrogens is 242 g/mol. The molecule has 0 spiro atoms. The standard InChI is InChI=1S/C14H21N3O2/c1-10-9-17(8-7-12(10)18)13(14(19)16-15)11-5-3-2-4-6-11/h2-6,10,12-13,18H,7-9,15H2,1H3,(H,16,19). The number of carbonyl (C=O) groups is 1. The lowest BCUT2D eigenvalue weighted by Gasteiger charge is -2.38. The van der Waals surface area contributed by atoms with Gasteiger partial charge in [0, 0.05) is 13.1 Å². The number of likely N-dealkylation sites (tertiary alicyclic amines) is 1. The van der Waals surface area contributed by atoms with E-state index in [1.165, 1.54) is 0 Å². The topological polar surface area (TPSA) is 78.6 Å². The van der Waals surface area contributed by atoms with E-state index in [1.807, 2.05) is 37.3 Å². The second kappa shape index (κ2) is 6.14. The number of hydrazine groups is 1. The molecular formula is C14H21N3O2. The molecule has 1 amide bonds. The van der Waals surface area contributed by atoms with E-state index < -0.39 is 0 Å². The molecule has 0 bridgehead atoms. The summed E-state index contributed by atoms with van der Waals surface area (Å²) in [6, 6.07) is 9.21. The normalized spacial score (nSPS) is 25.8. The van der Waals surface area contributed by atoms with E-state index >= 15 is 0 Å². The molecule has 3 atom stereocenters. The highest BCUT2D eigenvalue weighted by Gasteiger charge is 2.33. The van der Waals surface area contributed by atoms with Crippen LogP contribution in [-0.4, -0.2) is 35.1 Å². The fourth-order valence-electron chi connectivity index (χ4n) is 2.64. The van der Waals surface area contributed by atoms with E-state index in [2.05, 4.69) is 10.3 Å². The van der Waals surface area contributed by atoms with Crippen molar-refractivity contribution in [2.45, 2.75) is 25.5 Å². The molecule has 1 aliphatic heterocycles. The van der Waals surface area contributed by atoms with Crippen LogP contribution in [0.4, 0.5) is 0 Å². The highest BCUT2D eigenvalue weighted by atomic mass is 16.3. The summed E-state index contributed by atoms with van der Waals surface area (Å²) in [5.74, 6) is 5.25. The molecule has 0 aromatic heterocycles. The van der Waals surface area contributed by atoms with Crippen molar-refractivity contribution >= 4 is 5.91 Å². The average molecular weight is 263 g/mol. The Bertz CT molecular complexity index is 424. The van der Waals surface area contributed by atoms with Crippen molar-refractivity contribution in [3.8, 4) is 0 Å². The molecule has 1 aromatic carbocycles. The first-order chi connectivity index (χ1) is 9.13. The number of carbonyl (C=O) groups excluding carboxylic acids is 1. The van der Waals surface area contributed by atoms with Crippen molar-refractivity contribution in [1.82, 2.24) is 10.3 Å². The molecule has 2 rings (SSSR count). The first kappa shape index (κ1) is 14.0. The first-order valence-corrected chi connectivity index (χ1v) is 6.61. The maximum absolute atomic E-state index is 12.1. The third kappa shape index (κ3) is 3.12. The maximum Gasteiger partial charge on any atom is 0.255 e. The Morgan fingerprint density at radius 2 is 2.16 bits per heavy atom. The van der Waals surface area contributed by atoms with Gasteiger partial charge in [0.05, 0.1) is 6.10 Å². The minimum Gasteiger partial charge on any atom is -0.393 e. The smallest absolute Gasteiger partial charge is 0.255 e. The van der Waals surface area contributed by atoms with Crippen molar-refractivity contribution in [1.29, 1.82) is 0 Å². The summed E-state index contributed by atoms with van der Waals surface area (Å²) in [5, 5.41) is 9.79. The number of rotatable bonds is 3. The molecule has 5 nitrogen and oxygen atoms in total. The Kier molecular flexibility index (Phi) is 4.52. The Morgan fingerprint density at radius 3 is 2.74 bits per heavy atom. The van der Waals surface area contributed by atoms with Gasteiger partial charge in [-0.25, -0.2) is 5.84 Å². The van der Waals surface area contributed by atoms with Crippen LogP contribution < -0.4 is 11.3 Å². The van der Waals surface area contributed by atoms with Gasteiger partial charge in [-0.1, -0.05) is 37.3 Å². The monoisotopic (exact) mass is 263 g/mol. The molecule has 1 aliphatic rings. The lowest BCUT2D eigenvalue weighted by Crippen LogP contribution is -2.49. The van der Waals surface area contributed by atoms with Gasteiger partial charge < -0.3 is 5.11 Å². The second-order valence-electron chi connectivity index (χ2n) is 5.15. The third-order valence-electron chi connectivity index (χ3n) is 3.76. The predicted octanol–water partition coefficient (Wildman–Crippen LogP) is 0.420. The van der Waals surface area contributed by atoms with Crippen LogP contribution in [0.5, 0.6) is 0 Å². The van der Waals surface area contributed by atoms with Crippen LogP contribution in [0.2, 0.25) is 0 Å². The minimum absolute atomic E-state index is 0.158. The van der Waals surface area contributed by atoms with E-state index in [0.29, 0.717) is 19.5 Å². The number of hydrogen-bond donors (Lipinski definition) is 3. The van der Waals surface area contributed by atoms with Crippen molar-refractivity contribution in [2.24, 2.45) is 11.8 Å². The van der Waals surface area contributed by atoms with Crippen LogP contribution in [0.1, 0.15) is 24.9 Å². The number of nitrogens with one attached hydrogen (secondary N) is 1. The van der Waals surface area contributed by atoms with Gasteiger partial charge in [0.15, 0.2) is 0 Å². The average Bonchev–Trinajstić information content (AvgIpc) is 2.44. The Balaban J connectivity index is 2.22. The number of aliphatic hydroxyl groups is 1. The predicted molar refractivity (Wildman–Crippen MR) is 72.9 cm³/mol. The summed E-state index contributed by atoms with van der Waals surface area (Å²) in [6.45, 7) is 3.38. The molecule has 4 N–H and O–H groups in total. The largest absolute Gasteiger partial charge is 0.393 e. The van der Waals surface area contributed by atoms with E-state index in [1.54, 1.807) is 0 Å². The fourth-order valence-corrected chi connectivity index (χ4v) is 2.64. The van der Waals surface area contributed by atoms with E-state index in [4.69, 9.17) is 5.84 Å². The highest BCUT2D eigenvalue weighted by Crippen LogP contribution is 2.27. The molecule has 1 aromatic rings. The summed E-state index contributed by atoms with van der Waals surface area (Å²) < 4.78 is 0. The van der Waals surface area contributed by atoms with Gasteiger partial charge in [-0.3, -0.25) is 15.1 Å². The molecule has 19 heavy (non-hydrogen) atoms. The summed E-state index contributed by atoms with van der Waals surface area (Å²) in [5.41, 5.74) is 3.17.